The summed E-state index contributed by atoms with van der Waals surface area (Å²) in [5.41, 5.74) is 3.53. The predicted octanol–water partition coefficient (Wildman–Crippen LogP) is 2.65. The van der Waals surface area contributed by atoms with E-state index in [2.05, 4.69) is 22.8 Å². The van der Waals surface area contributed by atoms with Crippen LogP contribution in [0.4, 0.5) is 5.69 Å². The van der Waals surface area contributed by atoms with Gasteiger partial charge >= 0.3 is 0 Å². The van der Waals surface area contributed by atoms with Crippen molar-refractivity contribution in [3.63, 3.8) is 0 Å². The molecule has 92 valence electrons. The van der Waals surface area contributed by atoms with Crippen molar-refractivity contribution in [1.82, 2.24) is 5.32 Å². The first kappa shape index (κ1) is 11.4. The van der Waals surface area contributed by atoms with E-state index in [1.54, 1.807) is 0 Å². The number of anilines is 1. The van der Waals surface area contributed by atoms with Crippen LogP contribution in [0.3, 0.4) is 0 Å². The van der Waals surface area contributed by atoms with Gasteiger partial charge in [0.15, 0.2) is 0 Å². The highest BCUT2D eigenvalue weighted by atomic mass is 32.1. The number of rotatable bonds is 2. The topological polar surface area (TPSA) is 41.1 Å². The van der Waals surface area contributed by atoms with E-state index in [0.29, 0.717) is 0 Å². The highest BCUT2D eigenvalue weighted by molar-refractivity contribution is 7.12. The van der Waals surface area contributed by atoms with Crippen molar-refractivity contribution < 1.29 is 4.79 Å². The van der Waals surface area contributed by atoms with Crippen molar-refractivity contribution in [2.24, 2.45) is 0 Å². The lowest BCUT2D eigenvalue weighted by Gasteiger charge is -2.18. The normalized spacial score (nSPS) is 14.0. The third-order valence-corrected chi connectivity index (χ3v) is 3.96. The number of carbonyl (C=O) groups is 1. The molecule has 3 rings (SSSR count). The molecule has 2 aromatic rings. The fourth-order valence-electron chi connectivity index (χ4n) is 2.16. The molecule has 0 radical (unpaired) electrons. The van der Waals surface area contributed by atoms with Crippen molar-refractivity contribution in [2.45, 2.75) is 13.0 Å². The summed E-state index contributed by atoms with van der Waals surface area (Å²) < 4.78 is 0. The molecule has 0 aliphatic carbocycles. The second kappa shape index (κ2) is 4.92. The number of amides is 1. The summed E-state index contributed by atoms with van der Waals surface area (Å²) >= 11 is 1.45. The van der Waals surface area contributed by atoms with Crippen molar-refractivity contribution in [2.75, 3.05) is 11.9 Å². The molecule has 0 fully saturated rings. The first-order chi connectivity index (χ1) is 8.83. The largest absolute Gasteiger partial charge is 0.321 e. The van der Waals surface area contributed by atoms with Crippen LogP contribution in [0.1, 0.15) is 20.8 Å². The Morgan fingerprint density at radius 1 is 1.28 bits per heavy atom. The highest BCUT2D eigenvalue weighted by Gasteiger charge is 2.11. The third-order valence-electron chi connectivity index (χ3n) is 3.10. The van der Waals surface area contributed by atoms with Gasteiger partial charge in [0.05, 0.1) is 4.88 Å². The van der Waals surface area contributed by atoms with E-state index in [-0.39, 0.29) is 5.91 Å². The Balaban J connectivity index is 1.79. The number of benzene rings is 1. The van der Waals surface area contributed by atoms with E-state index >= 15 is 0 Å². The smallest absolute Gasteiger partial charge is 0.265 e. The number of hydrogen-bond acceptors (Lipinski definition) is 3. The predicted molar refractivity (Wildman–Crippen MR) is 74.1 cm³/mol. The fraction of sp³-hybridized carbons (Fsp3) is 0.214. The standard InChI is InChI=1S/C14H14N2OS/c17-14(13-2-1-7-18-13)16-12-4-3-10-5-6-15-9-11(10)8-12/h1-4,7-8,15H,5-6,9H2,(H,16,17). The second-order valence-corrected chi connectivity index (χ2v) is 5.29. The van der Waals surface area contributed by atoms with Crippen molar-refractivity contribution in [3.8, 4) is 0 Å². The van der Waals surface area contributed by atoms with Gasteiger partial charge < -0.3 is 10.6 Å². The Kier molecular flexibility index (Phi) is 3.13. The first-order valence-corrected chi connectivity index (χ1v) is 6.88. The number of thiophene rings is 1. The summed E-state index contributed by atoms with van der Waals surface area (Å²) in [6, 6.07) is 9.87. The number of carbonyl (C=O) groups excluding carboxylic acids is 1. The average Bonchev–Trinajstić information content (AvgIpc) is 2.92. The molecule has 2 heterocycles. The van der Waals surface area contributed by atoms with E-state index in [4.69, 9.17) is 0 Å². The summed E-state index contributed by atoms with van der Waals surface area (Å²) in [6.45, 7) is 1.92. The molecule has 1 amide bonds. The number of fused-ring (bicyclic) bond motifs is 1. The molecule has 2 N–H and O–H groups in total. The molecule has 0 atom stereocenters. The second-order valence-electron chi connectivity index (χ2n) is 4.34. The van der Waals surface area contributed by atoms with E-state index in [9.17, 15) is 4.79 Å². The van der Waals surface area contributed by atoms with Crippen LogP contribution in [-0.4, -0.2) is 12.5 Å². The van der Waals surface area contributed by atoms with Gasteiger partial charge in [-0.3, -0.25) is 4.79 Å². The summed E-state index contributed by atoms with van der Waals surface area (Å²) in [7, 11) is 0. The van der Waals surface area contributed by atoms with Gasteiger partial charge in [-0.05, 0) is 47.7 Å². The Hall–Kier alpha value is -1.65. The molecule has 0 bridgehead atoms. The monoisotopic (exact) mass is 258 g/mol. The minimum atomic E-state index is -0.0336. The molecule has 0 unspecified atom stereocenters. The first-order valence-electron chi connectivity index (χ1n) is 6.00. The lowest BCUT2D eigenvalue weighted by molar-refractivity contribution is 0.103. The minimum Gasteiger partial charge on any atom is -0.321 e. The highest BCUT2D eigenvalue weighted by Crippen LogP contribution is 2.20. The summed E-state index contributed by atoms with van der Waals surface area (Å²) in [6.07, 6.45) is 1.06. The van der Waals surface area contributed by atoms with Gasteiger partial charge in [0, 0.05) is 12.2 Å². The van der Waals surface area contributed by atoms with E-state index in [0.717, 1.165) is 30.1 Å². The van der Waals surface area contributed by atoms with Crippen molar-refractivity contribution >= 4 is 22.9 Å². The molecule has 0 saturated heterocycles. The zero-order chi connectivity index (χ0) is 12.4. The molecule has 1 aromatic carbocycles. The zero-order valence-electron chi connectivity index (χ0n) is 9.90. The molecule has 4 heteroatoms. The molecular formula is C14H14N2OS. The Labute approximate surface area is 110 Å². The lowest BCUT2D eigenvalue weighted by Crippen LogP contribution is -2.23. The molecular weight excluding hydrogens is 244 g/mol. The van der Waals surface area contributed by atoms with Crippen LogP contribution < -0.4 is 10.6 Å². The van der Waals surface area contributed by atoms with E-state index in [1.165, 1.54) is 22.5 Å². The minimum absolute atomic E-state index is 0.0336. The molecule has 1 aliphatic rings. The Morgan fingerprint density at radius 2 is 2.22 bits per heavy atom. The zero-order valence-corrected chi connectivity index (χ0v) is 10.7. The van der Waals surface area contributed by atoms with Gasteiger partial charge in [-0.2, -0.15) is 0 Å². The van der Waals surface area contributed by atoms with Crippen LogP contribution in [0.5, 0.6) is 0 Å². The molecule has 18 heavy (non-hydrogen) atoms. The maximum Gasteiger partial charge on any atom is 0.265 e. The molecule has 0 saturated carbocycles. The van der Waals surface area contributed by atoms with Crippen LogP contribution in [-0.2, 0) is 13.0 Å². The van der Waals surface area contributed by atoms with Crippen molar-refractivity contribution in [3.05, 3.63) is 51.7 Å². The fourth-order valence-corrected chi connectivity index (χ4v) is 2.78. The average molecular weight is 258 g/mol. The van der Waals surface area contributed by atoms with Crippen molar-refractivity contribution in [1.29, 1.82) is 0 Å². The maximum absolute atomic E-state index is 11.9. The quantitative estimate of drug-likeness (QED) is 0.869. The van der Waals surface area contributed by atoms with Crippen LogP contribution in [0.2, 0.25) is 0 Å². The maximum atomic E-state index is 11.9. The summed E-state index contributed by atoms with van der Waals surface area (Å²) in [5.74, 6) is -0.0336. The Bertz CT molecular complexity index is 563. The third kappa shape index (κ3) is 2.30. The van der Waals surface area contributed by atoms with Crippen LogP contribution >= 0.6 is 11.3 Å². The summed E-state index contributed by atoms with van der Waals surface area (Å²) in [5, 5.41) is 8.18. The number of hydrogen-bond donors (Lipinski definition) is 2. The van der Waals surface area contributed by atoms with E-state index < -0.39 is 0 Å². The van der Waals surface area contributed by atoms with Crippen LogP contribution in [0.25, 0.3) is 0 Å². The lowest BCUT2D eigenvalue weighted by atomic mass is 10.0. The Morgan fingerprint density at radius 3 is 3.06 bits per heavy atom. The van der Waals surface area contributed by atoms with Gasteiger partial charge in [-0.25, -0.2) is 0 Å². The molecule has 1 aliphatic heterocycles. The molecule has 1 aromatic heterocycles. The summed E-state index contributed by atoms with van der Waals surface area (Å²) in [4.78, 5) is 12.7. The SMILES string of the molecule is O=C(Nc1ccc2c(c1)CNCC2)c1cccs1. The van der Waals surface area contributed by atoms with Crippen LogP contribution in [0, 0.1) is 0 Å². The van der Waals surface area contributed by atoms with Crippen LogP contribution in [0.15, 0.2) is 35.7 Å². The van der Waals surface area contributed by atoms with E-state index in [1.807, 2.05) is 23.6 Å². The van der Waals surface area contributed by atoms with Gasteiger partial charge in [0.1, 0.15) is 0 Å². The van der Waals surface area contributed by atoms with Gasteiger partial charge in [-0.15, -0.1) is 11.3 Å². The van der Waals surface area contributed by atoms with Gasteiger partial charge in [0.25, 0.3) is 5.91 Å². The number of nitrogens with one attached hydrogen (secondary N) is 2. The molecule has 3 nitrogen and oxygen atoms in total. The van der Waals surface area contributed by atoms with Gasteiger partial charge in [0.2, 0.25) is 0 Å². The van der Waals surface area contributed by atoms with Gasteiger partial charge in [-0.1, -0.05) is 12.1 Å². The molecule has 0 spiro atoms.